The van der Waals surface area contributed by atoms with Gasteiger partial charge in [-0.1, -0.05) is 11.1 Å². The summed E-state index contributed by atoms with van der Waals surface area (Å²) in [5.74, 6) is 0. The van der Waals surface area contributed by atoms with Crippen LogP contribution in [0.1, 0.15) is 27.7 Å². The van der Waals surface area contributed by atoms with E-state index in [1.807, 2.05) is 27.7 Å². The molecule has 0 aliphatic rings. The third-order valence-corrected chi connectivity index (χ3v) is 1.89. The van der Waals surface area contributed by atoms with Crippen LogP contribution >= 0.6 is 0 Å². The number of aliphatic hydroxyl groups excluding tert-OH is 2. The molecule has 0 aliphatic carbocycles. The monoisotopic (exact) mass is 170 g/mol. The first kappa shape index (κ1) is 11.4. The summed E-state index contributed by atoms with van der Waals surface area (Å²) in [7, 11) is 0. The van der Waals surface area contributed by atoms with Crippen LogP contribution in [-0.2, 0) is 0 Å². The second-order valence-corrected chi connectivity index (χ2v) is 3.27. The van der Waals surface area contributed by atoms with Crippen LogP contribution < -0.4 is 0 Å². The van der Waals surface area contributed by atoms with Gasteiger partial charge in [0.25, 0.3) is 0 Å². The predicted molar refractivity (Wildman–Crippen MR) is 50.9 cm³/mol. The molecular weight excluding hydrogens is 152 g/mol. The van der Waals surface area contributed by atoms with Crippen LogP contribution in [0, 0.1) is 0 Å². The van der Waals surface area contributed by atoms with Crippen molar-refractivity contribution in [2.45, 2.75) is 27.7 Å². The highest BCUT2D eigenvalue weighted by Gasteiger charge is 2.05. The Morgan fingerprint density at radius 3 is 1.08 bits per heavy atom. The average Bonchev–Trinajstić information content (AvgIpc) is 1.98. The predicted octanol–water partition coefficient (Wildman–Crippen LogP) is 1.64. The summed E-state index contributed by atoms with van der Waals surface area (Å²) >= 11 is 0. The molecule has 0 atom stereocenters. The first-order chi connectivity index (χ1) is 5.54. The van der Waals surface area contributed by atoms with Gasteiger partial charge in [0.05, 0.1) is 13.2 Å². The van der Waals surface area contributed by atoms with Crippen molar-refractivity contribution >= 4 is 0 Å². The van der Waals surface area contributed by atoms with Crippen molar-refractivity contribution in [2.75, 3.05) is 13.2 Å². The van der Waals surface area contributed by atoms with Crippen LogP contribution in [0.4, 0.5) is 0 Å². The quantitative estimate of drug-likeness (QED) is 0.632. The van der Waals surface area contributed by atoms with Crippen LogP contribution in [0.2, 0.25) is 0 Å². The molecule has 0 radical (unpaired) electrons. The van der Waals surface area contributed by atoms with Crippen molar-refractivity contribution in [2.24, 2.45) is 0 Å². The molecule has 2 N–H and O–H groups in total. The highest BCUT2D eigenvalue weighted by Crippen LogP contribution is 2.17. The lowest BCUT2D eigenvalue weighted by Gasteiger charge is -2.11. The van der Waals surface area contributed by atoms with Crippen molar-refractivity contribution in [3.05, 3.63) is 22.3 Å². The third-order valence-electron chi connectivity index (χ3n) is 1.89. The zero-order valence-corrected chi connectivity index (χ0v) is 8.31. The number of rotatable bonds is 3. The summed E-state index contributed by atoms with van der Waals surface area (Å²) in [5.41, 5.74) is 3.83. The minimum Gasteiger partial charge on any atom is -0.392 e. The summed E-state index contributed by atoms with van der Waals surface area (Å²) in [6, 6.07) is 0. The molecular formula is C10H18O2. The molecule has 2 heteroatoms. The van der Waals surface area contributed by atoms with Crippen molar-refractivity contribution in [3.63, 3.8) is 0 Å². The SMILES string of the molecule is CC(C)=C(CO)C(CO)=C(C)C. The van der Waals surface area contributed by atoms with E-state index < -0.39 is 0 Å². The number of hydrogen-bond donors (Lipinski definition) is 2. The zero-order valence-electron chi connectivity index (χ0n) is 8.31. The van der Waals surface area contributed by atoms with Gasteiger partial charge in [0, 0.05) is 0 Å². The molecule has 0 aromatic carbocycles. The summed E-state index contributed by atoms with van der Waals surface area (Å²) < 4.78 is 0. The molecule has 0 heterocycles. The molecule has 12 heavy (non-hydrogen) atoms. The average molecular weight is 170 g/mol. The Morgan fingerprint density at radius 1 is 0.750 bits per heavy atom. The van der Waals surface area contributed by atoms with E-state index in [1.54, 1.807) is 0 Å². The van der Waals surface area contributed by atoms with E-state index in [9.17, 15) is 0 Å². The van der Waals surface area contributed by atoms with Crippen LogP contribution in [0.3, 0.4) is 0 Å². The van der Waals surface area contributed by atoms with Crippen LogP contribution in [0.5, 0.6) is 0 Å². The van der Waals surface area contributed by atoms with E-state index in [0.717, 1.165) is 22.3 Å². The molecule has 0 saturated heterocycles. The third kappa shape index (κ3) is 2.80. The van der Waals surface area contributed by atoms with Crippen molar-refractivity contribution in [1.82, 2.24) is 0 Å². The number of hydrogen-bond acceptors (Lipinski definition) is 2. The molecule has 0 spiro atoms. The highest BCUT2D eigenvalue weighted by atomic mass is 16.3. The maximum absolute atomic E-state index is 9.04. The van der Waals surface area contributed by atoms with Gasteiger partial charge in [-0.05, 0) is 38.8 Å². The molecule has 0 rings (SSSR count). The molecule has 0 amide bonds. The fraction of sp³-hybridized carbons (Fsp3) is 0.600. The standard InChI is InChI=1S/C10H18O2/c1-7(2)9(5-11)10(6-12)8(3)4/h11-12H,5-6H2,1-4H3. The maximum atomic E-state index is 9.04. The molecule has 0 unspecified atom stereocenters. The Balaban J connectivity index is 4.98. The van der Waals surface area contributed by atoms with Gasteiger partial charge in [-0.2, -0.15) is 0 Å². The summed E-state index contributed by atoms with van der Waals surface area (Å²) in [6.07, 6.45) is 0. The molecule has 0 saturated carbocycles. The molecule has 0 bridgehead atoms. The minimum absolute atomic E-state index is 0.00338. The van der Waals surface area contributed by atoms with Crippen LogP contribution in [0.25, 0.3) is 0 Å². The van der Waals surface area contributed by atoms with E-state index >= 15 is 0 Å². The topological polar surface area (TPSA) is 40.5 Å². The van der Waals surface area contributed by atoms with Gasteiger partial charge in [-0.3, -0.25) is 0 Å². The Bertz CT molecular complexity index is 180. The van der Waals surface area contributed by atoms with Gasteiger partial charge in [-0.15, -0.1) is 0 Å². The van der Waals surface area contributed by atoms with Crippen LogP contribution in [0.15, 0.2) is 22.3 Å². The lowest BCUT2D eigenvalue weighted by molar-refractivity contribution is 0.309. The number of allylic oxidation sites excluding steroid dienone is 2. The van der Waals surface area contributed by atoms with Crippen molar-refractivity contribution in [1.29, 1.82) is 0 Å². The second kappa shape index (κ2) is 5.12. The maximum Gasteiger partial charge on any atom is 0.0684 e. The lowest BCUT2D eigenvalue weighted by atomic mass is 9.99. The van der Waals surface area contributed by atoms with Crippen molar-refractivity contribution in [3.8, 4) is 0 Å². The highest BCUT2D eigenvalue weighted by molar-refractivity contribution is 5.37. The van der Waals surface area contributed by atoms with E-state index in [2.05, 4.69) is 0 Å². The summed E-state index contributed by atoms with van der Waals surface area (Å²) in [6.45, 7) is 7.75. The van der Waals surface area contributed by atoms with Gasteiger partial charge < -0.3 is 10.2 Å². The van der Waals surface area contributed by atoms with E-state index in [4.69, 9.17) is 10.2 Å². The fourth-order valence-electron chi connectivity index (χ4n) is 1.11. The molecule has 0 aromatic rings. The summed E-state index contributed by atoms with van der Waals surface area (Å²) in [5, 5.41) is 18.1. The van der Waals surface area contributed by atoms with Gasteiger partial charge in [-0.25, -0.2) is 0 Å². The van der Waals surface area contributed by atoms with Gasteiger partial charge in [0.2, 0.25) is 0 Å². The Kier molecular flexibility index (Phi) is 4.86. The van der Waals surface area contributed by atoms with Gasteiger partial charge in [0.15, 0.2) is 0 Å². The Hall–Kier alpha value is -0.600. The van der Waals surface area contributed by atoms with E-state index in [1.165, 1.54) is 0 Å². The first-order valence-electron chi connectivity index (χ1n) is 4.09. The van der Waals surface area contributed by atoms with E-state index in [0.29, 0.717) is 0 Å². The minimum atomic E-state index is 0.00338. The molecule has 0 aliphatic heterocycles. The lowest BCUT2D eigenvalue weighted by Crippen LogP contribution is -2.03. The van der Waals surface area contributed by atoms with Crippen LogP contribution in [-0.4, -0.2) is 23.4 Å². The first-order valence-corrected chi connectivity index (χ1v) is 4.09. The Labute approximate surface area is 74.2 Å². The Morgan fingerprint density at radius 2 is 1.00 bits per heavy atom. The largest absolute Gasteiger partial charge is 0.392 e. The molecule has 0 aromatic heterocycles. The van der Waals surface area contributed by atoms with E-state index in [-0.39, 0.29) is 13.2 Å². The zero-order chi connectivity index (χ0) is 9.72. The van der Waals surface area contributed by atoms with Gasteiger partial charge >= 0.3 is 0 Å². The molecule has 70 valence electrons. The second-order valence-electron chi connectivity index (χ2n) is 3.27. The fourth-order valence-corrected chi connectivity index (χ4v) is 1.11. The molecule has 2 nitrogen and oxygen atoms in total. The van der Waals surface area contributed by atoms with Gasteiger partial charge in [0.1, 0.15) is 0 Å². The summed E-state index contributed by atoms with van der Waals surface area (Å²) in [4.78, 5) is 0. The smallest absolute Gasteiger partial charge is 0.0684 e. The normalized spacial score (nSPS) is 9.50. The van der Waals surface area contributed by atoms with Crippen molar-refractivity contribution < 1.29 is 10.2 Å². The number of aliphatic hydroxyl groups is 2. The molecule has 0 fully saturated rings.